The van der Waals surface area contributed by atoms with Gasteiger partial charge in [0.05, 0.1) is 0 Å². The summed E-state index contributed by atoms with van der Waals surface area (Å²) in [4.78, 5) is 2.66. The molecule has 1 fully saturated rings. The van der Waals surface area contributed by atoms with E-state index in [0.717, 1.165) is 12.5 Å². The highest BCUT2D eigenvalue weighted by Crippen LogP contribution is 2.38. The van der Waals surface area contributed by atoms with Crippen molar-refractivity contribution in [3.05, 3.63) is 0 Å². The van der Waals surface area contributed by atoms with Crippen LogP contribution in [0.3, 0.4) is 0 Å². The minimum Gasteiger partial charge on any atom is -0.316 e. The van der Waals surface area contributed by atoms with Gasteiger partial charge in [-0.15, -0.1) is 0 Å². The normalized spacial score (nSPS) is 19.4. The summed E-state index contributed by atoms with van der Waals surface area (Å²) < 4.78 is 0. The molecule has 1 aliphatic carbocycles. The van der Waals surface area contributed by atoms with Gasteiger partial charge in [-0.1, -0.05) is 40.5 Å². The summed E-state index contributed by atoms with van der Waals surface area (Å²) in [5.74, 6) is 0.785. The van der Waals surface area contributed by atoms with Gasteiger partial charge < -0.3 is 10.2 Å². The van der Waals surface area contributed by atoms with Gasteiger partial charge in [0.15, 0.2) is 0 Å². The van der Waals surface area contributed by atoms with Crippen molar-refractivity contribution in [2.24, 2.45) is 11.3 Å². The highest BCUT2D eigenvalue weighted by atomic mass is 15.1. The summed E-state index contributed by atoms with van der Waals surface area (Å²) in [5, 5.41) is 3.59. The van der Waals surface area contributed by atoms with Gasteiger partial charge in [-0.25, -0.2) is 0 Å². The Morgan fingerprint density at radius 3 is 2.29 bits per heavy atom. The number of nitrogens with one attached hydrogen (secondary N) is 1. The van der Waals surface area contributed by atoms with Crippen LogP contribution in [-0.4, -0.2) is 37.6 Å². The van der Waals surface area contributed by atoms with Crippen molar-refractivity contribution < 1.29 is 0 Å². The molecule has 0 heterocycles. The molecule has 0 amide bonds. The van der Waals surface area contributed by atoms with Gasteiger partial charge in [-0.05, 0) is 37.3 Å². The van der Waals surface area contributed by atoms with Gasteiger partial charge in [-0.2, -0.15) is 0 Å². The van der Waals surface area contributed by atoms with Crippen molar-refractivity contribution in [1.29, 1.82) is 0 Å². The van der Waals surface area contributed by atoms with Crippen molar-refractivity contribution in [2.75, 3.05) is 32.7 Å². The van der Waals surface area contributed by atoms with Crippen LogP contribution in [0.4, 0.5) is 0 Å². The van der Waals surface area contributed by atoms with E-state index < -0.39 is 0 Å². The monoisotopic (exact) mass is 240 g/mol. The van der Waals surface area contributed by atoms with Crippen molar-refractivity contribution in [2.45, 2.75) is 53.4 Å². The zero-order valence-corrected chi connectivity index (χ0v) is 12.4. The minimum absolute atomic E-state index is 0.570. The van der Waals surface area contributed by atoms with Gasteiger partial charge in [-0.3, -0.25) is 0 Å². The van der Waals surface area contributed by atoms with E-state index in [4.69, 9.17) is 0 Å². The van der Waals surface area contributed by atoms with Crippen LogP contribution in [0.2, 0.25) is 0 Å². The van der Waals surface area contributed by atoms with E-state index in [1.54, 1.807) is 0 Å². The molecule has 17 heavy (non-hydrogen) atoms. The Balaban J connectivity index is 2.51. The maximum Gasteiger partial charge on any atom is 0.00501 e. The van der Waals surface area contributed by atoms with Crippen molar-refractivity contribution in [3.63, 3.8) is 0 Å². The minimum atomic E-state index is 0.570. The Kier molecular flexibility index (Phi) is 6.50. The van der Waals surface area contributed by atoms with Crippen LogP contribution < -0.4 is 5.32 Å². The molecule has 102 valence electrons. The molecule has 0 aromatic rings. The first-order valence-electron chi connectivity index (χ1n) is 7.55. The second-order valence-electron chi connectivity index (χ2n) is 6.21. The Labute approximate surface area is 108 Å². The largest absolute Gasteiger partial charge is 0.316 e. The molecule has 1 rings (SSSR count). The third-order valence-electron chi connectivity index (χ3n) is 4.04. The second kappa shape index (κ2) is 7.38. The predicted molar refractivity (Wildman–Crippen MR) is 76.4 cm³/mol. The Bertz CT molecular complexity index is 195. The summed E-state index contributed by atoms with van der Waals surface area (Å²) in [6.07, 6.45) is 5.72. The number of hydrogen-bond donors (Lipinski definition) is 1. The van der Waals surface area contributed by atoms with E-state index in [1.807, 2.05) is 0 Å². The molecule has 2 heteroatoms. The van der Waals surface area contributed by atoms with Gasteiger partial charge in [0.25, 0.3) is 0 Å². The van der Waals surface area contributed by atoms with Crippen LogP contribution in [0.15, 0.2) is 0 Å². The van der Waals surface area contributed by atoms with E-state index in [-0.39, 0.29) is 0 Å². The Hall–Kier alpha value is -0.0800. The van der Waals surface area contributed by atoms with Crippen LogP contribution in [0, 0.1) is 11.3 Å². The van der Waals surface area contributed by atoms with Crippen molar-refractivity contribution in [3.8, 4) is 0 Å². The van der Waals surface area contributed by atoms with Crippen LogP contribution in [0.5, 0.6) is 0 Å². The highest BCUT2D eigenvalue weighted by Gasteiger charge is 2.34. The summed E-state index contributed by atoms with van der Waals surface area (Å²) in [5.41, 5.74) is 0.570. The van der Waals surface area contributed by atoms with Gasteiger partial charge in [0.1, 0.15) is 0 Å². The zero-order valence-electron chi connectivity index (χ0n) is 12.4. The molecule has 2 nitrogen and oxygen atoms in total. The number of hydrogen-bond acceptors (Lipinski definition) is 2. The Morgan fingerprint density at radius 2 is 1.82 bits per heavy atom. The lowest BCUT2D eigenvalue weighted by molar-refractivity contribution is 0.142. The SMILES string of the molecule is CCNCC1(CN(CC)CC(C)C)CCCC1. The fraction of sp³-hybridized carbons (Fsp3) is 1.00. The van der Waals surface area contributed by atoms with Crippen LogP contribution in [0.1, 0.15) is 53.4 Å². The van der Waals surface area contributed by atoms with E-state index in [2.05, 4.69) is 37.9 Å². The fourth-order valence-electron chi connectivity index (χ4n) is 3.20. The molecule has 0 unspecified atom stereocenters. The van der Waals surface area contributed by atoms with E-state index in [1.165, 1.54) is 51.9 Å². The lowest BCUT2D eigenvalue weighted by Gasteiger charge is -2.36. The second-order valence-corrected chi connectivity index (χ2v) is 6.21. The highest BCUT2D eigenvalue weighted by molar-refractivity contribution is 4.89. The fourth-order valence-corrected chi connectivity index (χ4v) is 3.20. The van der Waals surface area contributed by atoms with E-state index in [9.17, 15) is 0 Å². The van der Waals surface area contributed by atoms with Gasteiger partial charge in [0.2, 0.25) is 0 Å². The number of rotatable bonds is 8. The molecule has 0 saturated heterocycles. The average Bonchev–Trinajstić information content (AvgIpc) is 2.74. The molecule has 0 aromatic heterocycles. The molecule has 0 bridgehead atoms. The molecule has 0 spiro atoms. The molecular formula is C15H32N2. The lowest BCUT2D eigenvalue weighted by atomic mass is 9.85. The topological polar surface area (TPSA) is 15.3 Å². The first-order valence-corrected chi connectivity index (χ1v) is 7.55. The smallest absolute Gasteiger partial charge is 0.00501 e. The van der Waals surface area contributed by atoms with E-state index >= 15 is 0 Å². The third kappa shape index (κ3) is 4.97. The lowest BCUT2D eigenvalue weighted by Crippen LogP contribution is -2.43. The molecule has 1 saturated carbocycles. The maximum absolute atomic E-state index is 3.59. The van der Waals surface area contributed by atoms with E-state index in [0.29, 0.717) is 5.41 Å². The van der Waals surface area contributed by atoms with Crippen molar-refractivity contribution >= 4 is 0 Å². The quantitative estimate of drug-likeness (QED) is 0.701. The molecule has 0 aromatic carbocycles. The summed E-state index contributed by atoms with van der Waals surface area (Å²) >= 11 is 0. The maximum atomic E-state index is 3.59. The molecule has 0 atom stereocenters. The molecule has 1 aliphatic rings. The zero-order chi connectivity index (χ0) is 12.7. The summed E-state index contributed by atoms with van der Waals surface area (Å²) in [6.45, 7) is 15.3. The third-order valence-corrected chi connectivity index (χ3v) is 4.04. The van der Waals surface area contributed by atoms with Crippen LogP contribution >= 0.6 is 0 Å². The molecular weight excluding hydrogens is 208 g/mol. The van der Waals surface area contributed by atoms with Crippen LogP contribution in [0.25, 0.3) is 0 Å². The van der Waals surface area contributed by atoms with Crippen LogP contribution in [-0.2, 0) is 0 Å². The van der Waals surface area contributed by atoms with Gasteiger partial charge in [0, 0.05) is 19.6 Å². The average molecular weight is 240 g/mol. The standard InChI is InChI=1S/C15H32N2/c1-5-16-12-15(9-7-8-10-15)13-17(6-2)11-14(3)4/h14,16H,5-13H2,1-4H3. The molecule has 0 aliphatic heterocycles. The Morgan fingerprint density at radius 1 is 1.18 bits per heavy atom. The molecule has 0 radical (unpaired) electrons. The number of nitrogens with zero attached hydrogens (tertiary/aromatic N) is 1. The van der Waals surface area contributed by atoms with Crippen molar-refractivity contribution in [1.82, 2.24) is 10.2 Å². The van der Waals surface area contributed by atoms with Gasteiger partial charge >= 0.3 is 0 Å². The predicted octanol–water partition coefficient (Wildman–Crippen LogP) is 3.13. The first kappa shape index (κ1) is 15.0. The first-order chi connectivity index (χ1) is 8.12. The summed E-state index contributed by atoms with van der Waals surface area (Å²) in [7, 11) is 0. The summed E-state index contributed by atoms with van der Waals surface area (Å²) in [6, 6.07) is 0. The molecule has 1 N–H and O–H groups in total.